The molecule has 1 saturated carbocycles. The predicted octanol–water partition coefficient (Wildman–Crippen LogP) is 4.89. The molecule has 13 nitrogen and oxygen atoms in total. The quantitative estimate of drug-likeness (QED) is 0.131. The van der Waals surface area contributed by atoms with Crippen molar-refractivity contribution in [3.8, 4) is 22.5 Å². The van der Waals surface area contributed by atoms with E-state index >= 15 is 0 Å². The number of amides is 4. The number of benzene rings is 3. The Morgan fingerprint density at radius 1 is 0.936 bits per heavy atom. The zero-order chi connectivity index (χ0) is 33.3. The second kappa shape index (κ2) is 15.3. The summed E-state index contributed by atoms with van der Waals surface area (Å²) in [5, 5.41) is 34.4. The van der Waals surface area contributed by atoms with Crippen molar-refractivity contribution in [1.82, 2.24) is 31.3 Å². The molecule has 1 fully saturated rings. The van der Waals surface area contributed by atoms with Crippen molar-refractivity contribution in [3.05, 3.63) is 77.3 Å². The number of anilines is 2. The van der Waals surface area contributed by atoms with Crippen LogP contribution in [0.25, 0.3) is 22.5 Å². The molecule has 1 atom stereocenters. The van der Waals surface area contributed by atoms with Crippen LogP contribution in [0.4, 0.5) is 16.2 Å². The summed E-state index contributed by atoms with van der Waals surface area (Å²) in [5.41, 5.74) is 4.14. The number of carboxylic acid groups (broad SMARTS) is 1. The summed E-state index contributed by atoms with van der Waals surface area (Å²) < 4.78 is 0. The average Bonchev–Trinajstić information content (AvgIpc) is 3.60. The van der Waals surface area contributed by atoms with Gasteiger partial charge in [-0.15, -0.1) is 10.2 Å². The summed E-state index contributed by atoms with van der Waals surface area (Å²) >= 11 is 6.53. The highest BCUT2D eigenvalue weighted by Crippen LogP contribution is 2.32. The Morgan fingerprint density at radius 2 is 1.68 bits per heavy atom. The molecule has 244 valence electrons. The molecular formula is C33H35ClN8O5. The highest BCUT2D eigenvalue weighted by atomic mass is 35.5. The second-order valence-electron chi connectivity index (χ2n) is 11.5. The van der Waals surface area contributed by atoms with E-state index in [-0.39, 0.29) is 36.0 Å². The summed E-state index contributed by atoms with van der Waals surface area (Å²) in [7, 11) is 0. The zero-order valence-corrected chi connectivity index (χ0v) is 26.4. The van der Waals surface area contributed by atoms with Gasteiger partial charge in [-0.1, -0.05) is 35.9 Å². The molecule has 0 bridgehead atoms. The first-order valence-corrected chi connectivity index (χ1v) is 15.6. The number of carbonyl (C=O) groups excluding carboxylic acids is 3. The molecule has 14 heteroatoms. The number of nitrogens with zero attached hydrogens (tertiary/aromatic N) is 3. The van der Waals surface area contributed by atoms with Crippen molar-refractivity contribution in [2.24, 2.45) is 11.8 Å². The van der Waals surface area contributed by atoms with Gasteiger partial charge in [0.2, 0.25) is 23.5 Å². The van der Waals surface area contributed by atoms with Crippen molar-refractivity contribution in [2.75, 3.05) is 17.2 Å². The smallest absolute Gasteiger partial charge is 0.404 e. The third-order valence-electron chi connectivity index (χ3n) is 8.11. The maximum absolute atomic E-state index is 13.7. The molecule has 6 N–H and O–H groups in total. The van der Waals surface area contributed by atoms with Gasteiger partial charge in [0.1, 0.15) is 6.04 Å². The summed E-state index contributed by atoms with van der Waals surface area (Å²) in [6, 6.07) is 18.8. The van der Waals surface area contributed by atoms with E-state index < -0.39 is 12.1 Å². The second-order valence-corrected chi connectivity index (χ2v) is 12.0. The fourth-order valence-corrected chi connectivity index (χ4v) is 5.93. The zero-order valence-electron chi connectivity index (χ0n) is 25.6. The lowest BCUT2D eigenvalue weighted by Gasteiger charge is -2.29. The van der Waals surface area contributed by atoms with E-state index in [4.69, 9.17) is 16.7 Å². The fraction of sp³-hybridized carbons (Fsp3) is 0.303. The molecule has 1 heterocycles. The van der Waals surface area contributed by atoms with E-state index in [0.29, 0.717) is 65.6 Å². The molecule has 1 aliphatic rings. The fourth-order valence-electron chi connectivity index (χ4n) is 5.70. The lowest BCUT2D eigenvalue weighted by Crippen LogP contribution is -2.48. The van der Waals surface area contributed by atoms with Crippen LogP contribution in [0.5, 0.6) is 0 Å². The van der Waals surface area contributed by atoms with Gasteiger partial charge in [0, 0.05) is 53.3 Å². The summed E-state index contributed by atoms with van der Waals surface area (Å²) in [6.07, 6.45) is 1.76. The van der Waals surface area contributed by atoms with Crippen molar-refractivity contribution >= 4 is 46.8 Å². The van der Waals surface area contributed by atoms with Crippen molar-refractivity contribution in [1.29, 1.82) is 0 Å². The van der Waals surface area contributed by atoms with Gasteiger partial charge < -0.3 is 26.4 Å². The Labute approximate surface area is 275 Å². The molecule has 0 aliphatic heterocycles. The number of H-pyrrole nitrogens is 1. The van der Waals surface area contributed by atoms with Crippen molar-refractivity contribution in [2.45, 2.75) is 45.1 Å². The van der Waals surface area contributed by atoms with Gasteiger partial charge in [-0.2, -0.15) is 5.21 Å². The maximum atomic E-state index is 13.7. The summed E-state index contributed by atoms with van der Waals surface area (Å²) in [6.45, 7) is 1.79. The van der Waals surface area contributed by atoms with E-state index in [1.807, 2.05) is 24.3 Å². The van der Waals surface area contributed by atoms with E-state index in [9.17, 15) is 19.2 Å². The number of hydrogen-bond acceptors (Lipinski definition) is 7. The minimum Gasteiger partial charge on any atom is -0.465 e. The first kappa shape index (κ1) is 33.1. The largest absolute Gasteiger partial charge is 0.465 e. The molecule has 0 spiro atoms. The van der Waals surface area contributed by atoms with Gasteiger partial charge in [0.25, 0.3) is 0 Å². The Kier molecular flexibility index (Phi) is 10.8. The first-order chi connectivity index (χ1) is 22.6. The molecule has 1 aromatic heterocycles. The molecule has 4 aromatic rings. The highest BCUT2D eigenvalue weighted by molar-refractivity contribution is 6.33. The molecule has 5 rings (SSSR count). The monoisotopic (exact) mass is 658 g/mol. The molecular weight excluding hydrogens is 624 g/mol. The van der Waals surface area contributed by atoms with E-state index in [2.05, 4.69) is 41.9 Å². The molecule has 0 radical (unpaired) electrons. The molecule has 0 unspecified atom stereocenters. The Bertz CT molecular complexity index is 1720. The van der Waals surface area contributed by atoms with Gasteiger partial charge in [0.15, 0.2) is 0 Å². The number of aromatic amines is 1. The Balaban J connectivity index is 1.33. The topological polar surface area (TPSA) is 191 Å². The lowest BCUT2D eigenvalue weighted by molar-refractivity contribution is -0.130. The van der Waals surface area contributed by atoms with Gasteiger partial charge in [-0.3, -0.25) is 14.4 Å². The van der Waals surface area contributed by atoms with Gasteiger partial charge >= 0.3 is 6.09 Å². The number of carbonyl (C=O) groups is 4. The van der Waals surface area contributed by atoms with Crippen LogP contribution in [0.1, 0.15) is 38.2 Å². The first-order valence-electron chi connectivity index (χ1n) is 15.2. The minimum absolute atomic E-state index is 0.170. The molecule has 1 aliphatic carbocycles. The number of rotatable bonds is 11. The number of nitrogens with one attached hydrogen (secondary N) is 5. The van der Waals surface area contributed by atoms with E-state index in [0.717, 1.165) is 11.1 Å². The number of aromatic nitrogens is 4. The molecule has 4 amide bonds. The Hall–Kier alpha value is -5.30. The van der Waals surface area contributed by atoms with Crippen LogP contribution in [0.3, 0.4) is 0 Å². The molecule has 3 aromatic carbocycles. The van der Waals surface area contributed by atoms with Gasteiger partial charge in [-0.25, -0.2) is 4.79 Å². The van der Waals surface area contributed by atoms with Gasteiger partial charge in [-0.05, 0) is 90.4 Å². The van der Waals surface area contributed by atoms with Crippen LogP contribution >= 0.6 is 11.6 Å². The molecule has 47 heavy (non-hydrogen) atoms. The number of hydrogen-bond donors (Lipinski definition) is 6. The number of tetrazole rings is 1. The molecule has 0 saturated heterocycles. The van der Waals surface area contributed by atoms with E-state index in [1.165, 1.54) is 6.92 Å². The normalized spacial score (nSPS) is 16.5. The van der Waals surface area contributed by atoms with Crippen LogP contribution in [-0.4, -0.2) is 62.1 Å². The Morgan fingerprint density at radius 3 is 2.36 bits per heavy atom. The SMILES string of the molecule is CC(=O)Nc1ccc(Cl)c(-c2cccc(C[C@H](NC(=O)C3CCC(CNC(=O)O)CC3)C(=O)Nc3ccc(-c4nn[nH]n4)cc3)c2)c1. The van der Waals surface area contributed by atoms with Crippen LogP contribution in [-0.2, 0) is 20.8 Å². The van der Waals surface area contributed by atoms with Crippen LogP contribution in [0.15, 0.2) is 66.7 Å². The standard InChI is InChI=1S/C33H35ClN8O5/c1-19(43)36-26-13-14-28(34)27(17-26)24-4-2-3-21(15-24)16-29(38-31(44)23-7-5-20(6-8-23)18-35-33(46)47)32(45)37-25-11-9-22(10-12-25)30-39-41-42-40-30/h2-4,9-15,17,20,23,29,35H,5-8,16,18H2,1H3,(H,36,43)(H,37,45)(H,38,44)(H,46,47)(H,39,40,41,42)/t20?,23?,29-/m0/s1. The van der Waals surface area contributed by atoms with Crippen molar-refractivity contribution < 1.29 is 24.3 Å². The van der Waals surface area contributed by atoms with E-state index in [1.54, 1.807) is 42.5 Å². The predicted molar refractivity (Wildman–Crippen MR) is 177 cm³/mol. The summed E-state index contributed by atoms with van der Waals surface area (Å²) in [5.74, 6) is -0.508. The van der Waals surface area contributed by atoms with Crippen LogP contribution in [0.2, 0.25) is 5.02 Å². The highest BCUT2D eigenvalue weighted by Gasteiger charge is 2.30. The number of halogens is 1. The van der Waals surface area contributed by atoms with Crippen LogP contribution in [0, 0.1) is 11.8 Å². The lowest BCUT2D eigenvalue weighted by atomic mass is 9.81. The minimum atomic E-state index is -1.06. The third kappa shape index (κ3) is 9.13. The maximum Gasteiger partial charge on any atom is 0.404 e. The third-order valence-corrected chi connectivity index (χ3v) is 8.44. The van der Waals surface area contributed by atoms with Crippen molar-refractivity contribution in [3.63, 3.8) is 0 Å². The summed E-state index contributed by atoms with van der Waals surface area (Å²) in [4.78, 5) is 49.7. The van der Waals surface area contributed by atoms with Gasteiger partial charge in [0.05, 0.1) is 0 Å². The van der Waals surface area contributed by atoms with Crippen LogP contribution < -0.4 is 21.3 Å². The average molecular weight is 659 g/mol.